The van der Waals surface area contributed by atoms with Crippen molar-refractivity contribution in [2.24, 2.45) is 0 Å². The highest BCUT2D eigenvalue weighted by atomic mass is 35.5. The average molecular weight is 399 g/mol. The van der Waals surface area contributed by atoms with Crippen LogP contribution in [0.25, 0.3) is 0 Å². The highest BCUT2D eigenvalue weighted by molar-refractivity contribution is 6.33. The summed E-state index contributed by atoms with van der Waals surface area (Å²) in [7, 11) is 0. The van der Waals surface area contributed by atoms with Crippen molar-refractivity contribution >= 4 is 23.0 Å². The first-order chi connectivity index (χ1) is 13.5. The Kier molecular flexibility index (Phi) is 7.37. The van der Waals surface area contributed by atoms with Gasteiger partial charge in [-0.3, -0.25) is 4.90 Å². The molecule has 0 bridgehead atoms. The topological polar surface area (TPSA) is 44.5 Å². The van der Waals surface area contributed by atoms with Crippen LogP contribution < -0.4 is 11.1 Å². The van der Waals surface area contributed by atoms with Gasteiger partial charge < -0.3 is 16.0 Å². The molecule has 0 radical (unpaired) electrons. The number of nitrogen functional groups attached to an aromatic ring is 1. The summed E-state index contributed by atoms with van der Waals surface area (Å²) in [6, 6.07) is 14.1. The summed E-state index contributed by atoms with van der Waals surface area (Å²) >= 11 is 6.37. The van der Waals surface area contributed by atoms with E-state index in [1.165, 1.54) is 31.5 Å². The Morgan fingerprint density at radius 3 is 2.57 bits per heavy atom. The lowest BCUT2D eigenvalue weighted by Gasteiger charge is -2.27. The lowest BCUT2D eigenvalue weighted by Crippen LogP contribution is -2.35. The number of halogens is 1. The van der Waals surface area contributed by atoms with E-state index in [0.717, 1.165) is 53.8 Å². The van der Waals surface area contributed by atoms with Crippen LogP contribution in [0, 0.1) is 6.92 Å². The molecule has 0 saturated carbocycles. The summed E-state index contributed by atoms with van der Waals surface area (Å²) in [5, 5.41) is 4.16. The first-order valence-corrected chi connectivity index (χ1v) is 10.4. The van der Waals surface area contributed by atoms with Crippen LogP contribution in [0.4, 0.5) is 11.4 Å². The Hall–Kier alpha value is -2.01. The second-order valence-corrected chi connectivity index (χ2v) is 8.07. The molecule has 1 fully saturated rings. The molecule has 0 amide bonds. The van der Waals surface area contributed by atoms with Gasteiger partial charge >= 0.3 is 0 Å². The molecule has 3 N–H and O–H groups in total. The van der Waals surface area contributed by atoms with E-state index in [4.69, 9.17) is 17.3 Å². The number of nitrogens with one attached hydrogen (secondary N) is 1. The molecule has 28 heavy (non-hydrogen) atoms. The molecule has 1 heterocycles. The van der Waals surface area contributed by atoms with Crippen LogP contribution in [-0.2, 0) is 6.54 Å². The largest absolute Gasteiger partial charge is 0.399 e. The Labute approximate surface area is 174 Å². The minimum Gasteiger partial charge on any atom is -0.399 e. The van der Waals surface area contributed by atoms with E-state index in [0.29, 0.717) is 0 Å². The van der Waals surface area contributed by atoms with Gasteiger partial charge in [-0.05, 0) is 62.2 Å². The molecular weight excluding hydrogens is 368 g/mol. The molecule has 0 spiro atoms. The number of hydrogen-bond donors (Lipinski definition) is 2. The van der Waals surface area contributed by atoms with Crippen LogP contribution >= 0.6 is 11.6 Å². The fourth-order valence-electron chi connectivity index (χ4n) is 3.66. The molecule has 150 valence electrons. The van der Waals surface area contributed by atoms with Crippen molar-refractivity contribution in [2.45, 2.75) is 26.3 Å². The van der Waals surface area contributed by atoms with Gasteiger partial charge in [0.15, 0.2) is 0 Å². The molecule has 2 aromatic carbocycles. The number of nitrogens with two attached hydrogens (primary N) is 1. The number of benzene rings is 2. The van der Waals surface area contributed by atoms with Gasteiger partial charge in [-0.15, -0.1) is 0 Å². The fraction of sp³-hybridized carbons (Fsp3) is 0.391. The van der Waals surface area contributed by atoms with Gasteiger partial charge in [-0.25, -0.2) is 0 Å². The molecule has 2 aromatic rings. The molecule has 3 rings (SSSR count). The summed E-state index contributed by atoms with van der Waals surface area (Å²) in [6.45, 7) is 12.5. The lowest BCUT2D eigenvalue weighted by molar-refractivity contribution is 0.232. The third kappa shape index (κ3) is 5.99. The SMILES string of the molecule is C=C(CN(CCN1CCCC1)Cc1ccc(N)cc1)Nc1c(C)cccc1Cl. The fourth-order valence-corrected chi connectivity index (χ4v) is 3.93. The molecule has 0 aliphatic carbocycles. The Morgan fingerprint density at radius 2 is 1.89 bits per heavy atom. The van der Waals surface area contributed by atoms with Crippen LogP contribution in [0.2, 0.25) is 5.02 Å². The van der Waals surface area contributed by atoms with Crippen molar-refractivity contribution in [3.8, 4) is 0 Å². The molecular formula is C23H31ClN4. The number of hydrogen-bond acceptors (Lipinski definition) is 4. The standard InChI is InChI=1S/C23H31ClN4/c1-18-6-5-7-22(24)23(18)26-19(2)16-28(15-14-27-12-3-4-13-27)17-20-8-10-21(25)11-9-20/h5-11,26H,2-4,12-17,25H2,1H3. The molecule has 0 atom stereocenters. The minimum atomic E-state index is 0.725. The molecule has 5 heteroatoms. The third-order valence-corrected chi connectivity index (χ3v) is 5.57. The smallest absolute Gasteiger partial charge is 0.0643 e. The van der Waals surface area contributed by atoms with Crippen LogP contribution in [-0.4, -0.2) is 42.5 Å². The van der Waals surface area contributed by atoms with E-state index in [1.807, 2.05) is 24.3 Å². The lowest BCUT2D eigenvalue weighted by atomic mass is 10.2. The quantitative estimate of drug-likeness (QED) is 0.598. The van der Waals surface area contributed by atoms with Gasteiger partial charge in [-0.2, -0.15) is 0 Å². The number of para-hydroxylation sites is 1. The Bertz CT molecular complexity index is 761. The number of aryl methyl sites for hydroxylation is 1. The van der Waals surface area contributed by atoms with E-state index < -0.39 is 0 Å². The van der Waals surface area contributed by atoms with Gasteiger partial charge in [0.1, 0.15) is 0 Å². The first-order valence-electron chi connectivity index (χ1n) is 10.0. The molecule has 1 aliphatic heterocycles. The zero-order valence-electron chi connectivity index (χ0n) is 16.8. The predicted octanol–water partition coefficient (Wildman–Crippen LogP) is 4.75. The van der Waals surface area contributed by atoms with Crippen molar-refractivity contribution in [1.82, 2.24) is 9.80 Å². The van der Waals surface area contributed by atoms with Crippen LogP contribution in [0.1, 0.15) is 24.0 Å². The third-order valence-electron chi connectivity index (χ3n) is 5.26. The summed E-state index contributed by atoms with van der Waals surface area (Å²) in [4.78, 5) is 4.98. The second kappa shape index (κ2) is 9.97. The van der Waals surface area contributed by atoms with E-state index in [-0.39, 0.29) is 0 Å². The van der Waals surface area contributed by atoms with E-state index in [9.17, 15) is 0 Å². The van der Waals surface area contributed by atoms with Crippen LogP contribution in [0.5, 0.6) is 0 Å². The second-order valence-electron chi connectivity index (χ2n) is 7.66. The minimum absolute atomic E-state index is 0.725. The zero-order chi connectivity index (χ0) is 19.9. The summed E-state index contributed by atoms with van der Waals surface area (Å²) in [5.74, 6) is 0. The maximum absolute atomic E-state index is 6.37. The number of likely N-dealkylation sites (tertiary alicyclic amines) is 1. The van der Waals surface area contributed by atoms with Gasteiger partial charge in [0, 0.05) is 37.6 Å². The normalized spacial score (nSPS) is 14.5. The molecule has 1 aliphatic rings. The monoisotopic (exact) mass is 398 g/mol. The Morgan fingerprint density at radius 1 is 1.18 bits per heavy atom. The highest BCUT2D eigenvalue weighted by Gasteiger charge is 2.15. The van der Waals surface area contributed by atoms with Crippen molar-refractivity contribution in [2.75, 3.05) is 43.8 Å². The van der Waals surface area contributed by atoms with Gasteiger partial charge in [-0.1, -0.05) is 42.4 Å². The highest BCUT2D eigenvalue weighted by Crippen LogP contribution is 2.26. The van der Waals surface area contributed by atoms with Gasteiger partial charge in [0.05, 0.1) is 10.7 Å². The summed E-state index contributed by atoms with van der Waals surface area (Å²) in [6.07, 6.45) is 2.63. The number of rotatable bonds is 9. The molecule has 1 saturated heterocycles. The van der Waals surface area contributed by atoms with E-state index >= 15 is 0 Å². The van der Waals surface area contributed by atoms with Gasteiger partial charge in [0.2, 0.25) is 0 Å². The summed E-state index contributed by atoms with van der Waals surface area (Å²) in [5.41, 5.74) is 10.9. The Balaban J connectivity index is 1.64. The van der Waals surface area contributed by atoms with Crippen molar-refractivity contribution in [3.05, 3.63) is 70.9 Å². The van der Waals surface area contributed by atoms with Crippen molar-refractivity contribution in [3.63, 3.8) is 0 Å². The summed E-state index contributed by atoms with van der Waals surface area (Å²) < 4.78 is 0. The molecule has 4 nitrogen and oxygen atoms in total. The van der Waals surface area contributed by atoms with Crippen molar-refractivity contribution in [1.29, 1.82) is 0 Å². The van der Waals surface area contributed by atoms with Crippen LogP contribution in [0.15, 0.2) is 54.7 Å². The van der Waals surface area contributed by atoms with Gasteiger partial charge in [0.25, 0.3) is 0 Å². The predicted molar refractivity (Wildman–Crippen MR) is 121 cm³/mol. The van der Waals surface area contributed by atoms with E-state index in [2.05, 4.69) is 46.8 Å². The maximum Gasteiger partial charge on any atom is 0.0643 e. The first kappa shape index (κ1) is 20.7. The van der Waals surface area contributed by atoms with E-state index in [1.54, 1.807) is 0 Å². The average Bonchev–Trinajstić information content (AvgIpc) is 3.18. The molecule has 0 unspecified atom stereocenters. The number of nitrogens with zero attached hydrogens (tertiary/aromatic N) is 2. The maximum atomic E-state index is 6.37. The molecule has 0 aromatic heterocycles. The van der Waals surface area contributed by atoms with Crippen molar-refractivity contribution < 1.29 is 0 Å². The van der Waals surface area contributed by atoms with Crippen LogP contribution in [0.3, 0.4) is 0 Å². The zero-order valence-corrected chi connectivity index (χ0v) is 17.5. The number of anilines is 2.